The molecule has 5 rings (SSSR count). The van der Waals surface area contributed by atoms with E-state index in [1.807, 2.05) is 121 Å². The van der Waals surface area contributed by atoms with Crippen LogP contribution in [0.2, 0.25) is 0 Å². The minimum atomic E-state index is 0.882. The van der Waals surface area contributed by atoms with Crippen LogP contribution in [0.3, 0.4) is 0 Å². The molecule has 0 saturated carbocycles. The van der Waals surface area contributed by atoms with Crippen molar-refractivity contribution in [3.63, 3.8) is 0 Å². The van der Waals surface area contributed by atoms with Crippen LogP contribution in [-0.4, -0.2) is 0 Å². The second-order valence-corrected chi connectivity index (χ2v) is 9.21. The van der Waals surface area contributed by atoms with Crippen LogP contribution in [0, 0.1) is 61.2 Å². The largest absolute Gasteiger partial charge is 0.0622 e. The van der Waals surface area contributed by atoms with E-state index in [2.05, 4.69) is 61.2 Å². The van der Waals surface area contributed by atoms with E-state index in [0.717, 1.165) is 55.6 Å². The van der Waals surface area contributed by atoms with Gasteiger partial charge in [-0.15, -0.1) is 0 Å². The van der Waals surface area contributed by atoms with Crippen LogP contribution in [-0.2, 0) is 0 Å². The molecular formula is C40H26. The van der Waals surface area contributed by atoms with Gasteiger partial charge in [0.1, 0.15) is 0 Å². The molecule has 0 aliphatic rings. The molecule has 40 heavy (non-hydrogen) atoms. The smallest absolute Gasteiger partial charge is 0.0451 e. The van der Waals surface area contributed by atoms with Gasteiger partial charge in [0, 0.05) is 44.5 Å². The van der Waals surface area contributed by atoms with Crippen molar-refractivity contribution in [1.29, 1.82) is 0 Å². The highest BCUT2D eigenvalue weighted by Crippen LogP contribution is 2.27. The first-order valence-electron chi connectivity index (χ1n) is 13.1. The normalized spacial score (nSPS) is 9.45. The van der Waals surface area contributed by atoms with Crippen molar-refractivity contribution >= 4 is 0 Å². The van der Waals surface area contributed by atoms with E-state index >= 15 is 0 Å². The fourth-order valence-corrected chi connectivity index (χ4v) is 4.25. The Morgan fingerprint density at radius 1 is 0.275 bits per heavy atom. The summed E-state index contributed by atoms with van der Waals surface area (Å²) in [5.74, 6) is 27.2. The molecule has 5 aromatic rings. The fraction of sp³-hybridized carbons (Fsp3) is 0.0500. The van der Waals surface area contributed by atoms with Crippen molar-refractivity contribution in [3.8, 4) is 47.4 Å². The van der Waals surface area contributed by atoms with Gasteiger partial charge in [0.2, 0.25) is 0 Å². The molecule has 0 aliphatic carbocycles. The highest BCUT2D eigenvalue weighted by molar-refractivity contribution is 5.71. The van der Waals surface area contributed by atoms with Gasteiger partial charge in [0.25, 0.3) is 0 Å². The highest BCUT2D eigenvalue weighted by atomic mass is 14.2. The van der Waals surface area contributed by atoms with Crippen molar-refractivity contribution in [1.82, 2.24) is 0 Å². The van der Waals surface area contributed by atoms with E-state index in [0.29, 0.717) is 0 Å². The molecule has 0 unspecified atom stereocenters. The quantitative estimate of drug-likeness (QED) is 0.187. The van der Waals surface area contributed by atoms with Crippen LogP contribution in [0.25, 0.3) is 0 Å². The van der Waals surface area contributed by atoms with Gasteiger partial charge < -0.3 is 0 Å². The van der Waals surface area contributed by atoms with E-state index in [-0.39, 0.29) is 0 Å². The van der Waals surface area contributed by atoms with Crippen LogP contribution >= 0.6 is 0 Å². The second-order valence-electron chi connectivity index (χ2n) is 9.21. The number of benzene rings is 5. The molecular weight excluding hydrogens is 480 g/mol. The summed E-state index contributed by atoms with van der Waals surface area (Å²) in [5, 5.41) is 0. The van der Waals surface area contributed by atoms with Gasteiger partial charge in [-0.1, -0.05) is 120 Å². The standard InChI is InChI=1S/C40H26/c1-31-37(27-23-33-15-7-3-8-16-33)39(29-25-35-19-11-5-12-20-35)32(2)40(30-26-36-21-13-6-14-22-36)38(31)28-24-34-17-9-4-10-18-34/h3-22H,1-2H3. The Labute approximate surface area is 237 Å². The third-order valence-corrected chi connectivity index (χ3v) is 6.42. The van der Waals surface area contributed by atoms with Gasteiger partial charge in [-0.25, -0.2) is 0 Å². The van der Waals surface area contributed by atoms with E-state index in [1.165, 1.54) is 0 Å². The van der Waals surface area contributed by atoms with Crippen LogP contribution < -0.4 is 0 Å². The van der Waals surface area contributed by atoms with Gasteiger partial charge in [-0.2, -0.15) is 0 Å². The summed E-state index contributed by atoms with van der Waals surface area (Å²) < 4.78 is 0. The lowest BCUT2D eigenvalue weighted by molar-refractivity contribution is 1.30. The lowest BCUT2D eigenvalue weighted by atomic mass is 9.87. The Morgan fingerprint density at radius 3 is 0.675 bits per heavy atom. The summed E-state index contributed by atoms with van der Waals surface area (Å²) in [4.78, 5) is 0. The van der Waals surface area contributed by atoms with Crippen LogP contribution in [0.1, 0.15) is 55.6 Å². The minimum Gasteiger partial charge on any atom is -0.0622 e. The van der Waals surface area contributed by atoms with Crippen LogP contribution in [0.15, 0.2) is 121 Å². The van der Waals surface area contributed by atoms with Gasteiger partial charge in [-0.3, -0.25) is 0 Å². The molecule has 0 spiro atoms. The van der Waals surface area contributed by atoms with E-state index in [9.17, 15) is 0 Å². The molecule has 0 radical (unpaired) electrons. The zero-order chi connectivity index (χ0) is 27.6. The average molecular weight is 507 g/mol. The van der Waals surface area contributed by atoms with Crippen molar-refractivity contribution in [2.75, 3.05) is 0 Å². The second kappa shape index (κ2) is 12.7. The van der Waals surface area contributed by atoms with E-state index < -0.39 is 0 Å². The van der Waals surface area contributed by atoms with Gasteiger partial charge in [0.15, 0.2) is 0 Å². The molecule has 186 valence electrons. The first-order valence-corrected chi connectivity index (χ1v) is 13.1. The molecule has 0 heterocycles. The third-order valence-electron chi connectivity index (χ3n) is 6.42. The predicted molar refractivity (Wildman–Crippen MR) is 166 cm³/mol. The predicted octanol–water partition coefficient (Wildman–Crippen LogP) is 7.90. The van der Waals surface area contributed by atoms with Crippen molar-refractivity contribution in [2.45, 2.75) is 13.8 Å². The highest BCUT2D eigenvalue weighted by Gasteiger charge is 2.16. The molecule has 0 fully saturated rings. The zero-order valence-electron chi connectivity index (χ0n) is 22.5. The van der Waals surface area contributed by atoms with Gasteiger partial charge >= 0.3 is 0 Å². The van der Waals surface area contributed by atoms with Crippen LogP contribution in [0.4, 0.5) is 0 Å². The van der Waals surface area contributed by atoms with Gasteiger partial charge in [0.05, 0.1) is 0 Å². The number of hydrogen-bond acceptors (Lipinski definition) is 0. The zero-order valence-corrected chi connectivity index (χ0v) is 22.5. The molecule has 0 N–H and O–H groups in total. The van der Waals surface area contributed by atoms with Crippen molar-refractivity contribution in [2.24, 2.45) is 0 Å². The van der Waals surface area contributed by atoms with E-state index in [4.69, 9.17) is 0 Å². The first-order chi connectivity index (χ1) is 19.7. The maximum Gasteiger partial charge on any atom is 0.0451 e. The number of hydrogen-bond donors (Lipinski definition) is 0. The Morgan fingerprint density at radius 2 is 0.475 bits per heavy atom. The Balaban J connectivity index is 1.77. The summed E-state index contributed by atoms with van der Waals surface area (Å²) in [7, 11) is 0. The topological polar surface area (TPSA) is 0 Å². The van der Waals surface area contributed by atoms with Crippen LogP contribution in [0.5, 0.6) is 0 Å². The summed E-state index contributed by atoms with van der Waals surface area (Å²) in [5.41, 5.74) is 9.29. The molecule has 0 aromatic heterocycles. The van der Waals surface area contributed by atoms with Crippen molar-refractivity contribution in [3.05, 3.63) is 177 Å². The molecule has 0 atom stereocenters. The molecule has 0 aliphatic heterocycles. The van der Waals surface area contributed by atoms with Crippen molar-refractivity contribution < 1.29 is 0 Å². The third kappa shape index (κ3) is 6.42. The molecule has 0 heteroatoms. The maximum absolute atomic E-state index is 3.45. The van der Waals surface area contributed by atoms with Gasteiger partial charge in [-0.05, 0) is 73.5 Å². The monoisotopic (exact) mass is 506 g/mol. The minimum absolute atomic E-state index is 0.882. The summed E-state index contributed by atoms with van der Waals surface area (Å²) in [6.45, 7) is 4.15. The molecule has 0 amide bonds. The average Bonchev–Trinajstić information content (AvgIpc) is 3.01. The van der Waals surface area contributed by atoms with E-state index in [1.54, 1.807) is 0 Å². The lowest BCUT2D eigenvalue weighted by Crippen LogP contribution is -2.03. The Bertz CT molecular complexity index is 1600. The lowest BCUT2D eigenvalue weighted by Gasteiger charge is -2.13. The summed E-state index contributed by atoms with van der Waals surface area (Å²) in [6, 6.07) is 40.1. The molecule has 5 aromatic carbocycles. The molecule has 0 saturated heterocycles. The summed E-state index contributed by atoms with van der Waals surface area (Å²) in [6.07, 6.45) is 0. The SMILES string of the molecule is Cc1c(C#Cc2ccccc2)c(C#Cc2ccccc2)c(C)c(C#Cc2ccccc2)c1C#Cc1ccccc1. The first kappa shape index (κ1) is 26.0. The maximum atomic E-state index is 3.45. The Hall–Kier alpha value is -5.66. The molecule has 0 nitrogen and oxygen atoms in total. The molecule has 0 bridgehead atoms. The summed E-state index contributed by atoms with van der Waals surface area (Å²) >= 11 is 0. The Kier molecular flexibility index (Phi) is 8.26. The number of rotatable bonds is 0. The fourth-order valence-electron chi connectivity index (χ4n) is 4.25.